The standard InChI is InChI=1S/C13H13ClN2O/c1-7-4-5-10(13(14)17)6-11(7)12-8(2)15-9(3)16-12/h4-6H,1-3H3,(H,15,16). The van der Waals surface area contributed by atoms with Gasteiger partial charge in [0.15, 0.2) is 0 Å². The maximum absolute atomic E-state index is 11.2. The quantitative estimate of drug-likeness (QED) is 0.828. The third-order valence-electron chi connectivity index (χ3n) is 2.72. The molecule has 3 nitrogen and oxygen atoms in total. The predicted molar refractivity (Wildman–Crippen MR) is 68.4 cm³/mol. The van der Waals surface area contributed by atoms with Crippen LogP contribution in [0.5, 0.6) is 0 Å². The van der Waals surface area contributed by atoms with Crippen LogP contribution in [-0.2, 0) is 0 Å². The van der Waals surface area contributed by atoms with Crippen molar-refractivity contribution in [3.8, 4) is 11.3 Å². The first-order chi connectivity index (χ1) is 7.99. The Balaban J connectivity index is 2.62. The molecule has 88 valence electrons. The van der Waals surface area contributed by atoms with Gasteiger partial charge in [0.1, 0.15) is 5.82 Å². The Morgan fingerprint density at radius 2 is 2.00 bits per heavy atom. The van der Waals surface area contributed by atoms with E-state index in [-0.39, 0.29) is 0 Å². The van der Waals surface area contributed by atoms with Gasteiger partial charge in [-0.05, 0) is 50.1 Å². The first-order valence-corrected chi connectivity index (χ1v) is 5.71. The number of hydrogen-bond donors (Lipinski definition) is 1. The minimum atomic E-state index is -0.448. The van der Waals surface area contributed by atoms with E-state index in [4.69, 9.17) is 11.6 Å². The highest BCUT2D eigenvalue weighted by Gasteiger charge is 2.12. The molecule has 1 N–H and O–H groups in total. The zero-order valence-electron chi connectivity index (χ0n) is 9.97. The minimum Gasteiger partial charge on any atom is -0.346 e. The Kier molecular flexibility index (Phi) is 3.03. The van der Waals surface area contributed by atoms with Crippen molar-refractivity contribution in [2.45, 2.75) is 20.8 Å². The first-order valence-electron chi connectivity index (χ1n) is 5.33. The molecule has 1 aromatic heterocycles. The molecule has 0 bridgehead atoms. The highest BCUT2D eigenvalue weighted by Crippen LogP contribution is 2.26. The fourth-order valence-corrected chi connectivity index (χ4v) is 1.99. The third kappa shape index (κ3) is 2.24. The van der Waals surface area contributed by atoms with Crippen molar-refractivity contribution in [1.82, 2.24) is 9.97 Å². The zero-order chi connectivity index (χ0) is 12.6. The van der Waals surface area contributed by atoms with Crippen molar-refractivity contribution in [1.29, 1.82) is 0 Å². The normalized spacial score (nSPS) is 10.6. The highest BCUT2D eigenvalue weighted by atomic mass is 35.5. The van der Waals surface area contributed by atoms with E-state index in [1.54, 1.807) is 12.1 Å². The molecule has 0 saturated carbocycles. The number of rotatable bonds is 2. The van der Waals surface area contributed by atoms with Crippen LogP contribution in [0.4, 0.5) is 0 Å². The van der Waals surface area contributed by atoms with Crippen LogP contribution < -0.4 is 0 Å². The number of nitrogens with zero attached hydrogens (tertiary/aromatic N) is 1. The molecule has 0 aliphatic heterocycles. The van der Waals surface area contributed by atoms with Gasteiger partial charge >= 0.3 is 0 Å². The summed E-state index contributed by atoms with van der Waals surface area (Å²) in [6.45, 7) is 5.85. The molecule has 4 heteroatoms. The Morgan fingerprint density at radius 3 is 2.53 bits per heavy atom. The Hall–Kier alpha value is -1.61. The van der Waals surface area contributed by atoms with Crippen molar-refractivity contribution in [3.63, 3.8) is 0 Å². The van der Waals surface area contributed by atoms with Gasteiger partial charge in [-0.2, -0.15) is 0 Å². The molecule has 0 unspecified atom stereocenters. The van der Waals surface area contributed by atoms with Gasteiger partial charge in [0, 0.05) is 16.8 Å². The lowest BCUT2D eigenvalue weighted by molar-refractivity contribution is 0.108. The fraction of sp³-hybridized carbons (Fsp3) is 0.231. The molecule has 0 aliphatic carbocycles. The van der Waals surface area contributed by atoms with Gasteiger partial charge in [-0.25, -0.2) is 4.98 Å². The van der Waals surface area contributed by atoms with Gasteiger partial charge in [0.2, 0.25) is 0 Å². The molecular weight excluding hydrogens is 236 g/mol. The van der Waals surface area contributed by atoms with Crippen molar-refractivity contribution < 1.29 is 4.79 Å². The molecular formula is C13H13ClN2O. The molecule has 0 radical (unpaired) electrons. The number of halogens is 1. The summed E-state index contributed by atoms with van der Waals surface area (Å²) >= 11 is 5.49. The molecule has 0 saturated heterocycles. The van der Waals surface area contributed by atoms with Crippen LogP contribution >= 0.6 is 11.6 Å². The largest absolute Gasteiger partial charge is 0.346 e. The van der Waals surface area contributed by atoms with E-state index in [0.717, 1.165) is 28.3 Å². The van der Waals surface area contributed by atoms with E-state index >= 15 is 0 Å². The smallest absolute Gasteiger partial charge is 0.252 e. The first kappa shape index (κ1) is 11.9. The summed E-state index contributed by atoms with van der Waals surface area (Å²) in [6.07, 6.45) is 0. The number of H-pyrrole nitrogens is 1. The van der Waals surface area contributed by atoms with Crippen molar-refractivity contribution in [2.75, 3.05) is 0 Å². The molecule has 2 rings (SSSR count). The van der Waals surface area contributed by atoms with Crippen LogP contribution in [-0.4, -0.2) is 15.2 Å². The van der Waals surface area contributed by atoms with E-state index in [0.29, 0.717) is 5.56 Å². The van der Waals surface area contributed by atoms with Gasteiger partial charge in [-0.3, -0.25) is 4.79 Å². The average molecular weight is 249 g/mol. The number of benzene rings is 1. The molecule has 0 fully saturated rings. The van der Waals surface area contributed by atoms with Crippen LogP contribution in [0.25, 0.3) is 11.3 Å². The lowest BCUT2D eigenvalue weighted by Crippen LogP contribution is -1.93. The minimum absolute atomic E-state index is 0.448. The maximum Gasteiger partial charge on any atom is 0.252 e. The molecule has 2 aromatic rings. The highest BCUT2D eigenvalue weighted by molar-refractivity contribution is 6.67. The van der Waals surface area contributed by atoms with E-state index in [1.165, 1.54) is 0 Å². The summed E-state index contributed by atoms with van der Waals surface area (Å²) < 4.78 is 0. The second kappa shape index (κ2) is 4.34. The van der Waals surface area contributed by atoms with Crippen LogP contribution in [0.2, 0.25) is 0 Å². The number of carbonyl (C=O) groups is 1. The number of aromatic amines is 1. The van der Waals surface area contributed by atoms with Gasteiger partial charge in [-0.15, -0.1) is 0 Å². The topological polar surface area (TPSA) is 45.8 Å². The SMILES string of the molecule is Cc1nc(-c2cc(C(=O)Cl)ccc2C)c(C)[nH]1. The lowest BCUT2D eigenvalue weighted by atomic mass is 10.0. The second-order valence-electron chi connectivity index (χ2n) is 4.10. The van der Waals surface area contributed by atoms with E-state index in [9.17, 15) is 4.79 Å². The number of nitrogens with one attached hydrogen (secondary N) is 1. The number of aryl methyl sites for hydroxylation is 3. The van der Waals surface area contributed by atoms with E-state index in [1.807, 2.05) is 26.8 Å². The molecule has 1 heterocycles. The fourth-order valence-electron chi connectivity index (χ4n) is 1.87. The van der Waals surface area contributed by atoms with Crippen molar-refractivity contribution in [3.05, 3.63) is 40.8 Å². The monoisotopic (exact) mass is 248 g/mol. The molecule has 0 amide bonds. The van der Waals surface area contributed by atoms with Crippen LogP contribution in [0.15, 0.2) is 18.2 Å². The lowest BCUT2D eigenvalue weighted by Gasteiger charge is -2.05. The molecule has 1 aromatic carbocycles. The van der Waals surface area contributed by atoms with Gasteiger partial charge < -0.3 is 4.98 Å². The Labute approximate surface area is 105 Å². The van der Waals surface area contributed by atoms with E-state index in [2.05, 4.69) is 9.97 Å². The van der Waals surface area contributed by atoms with Crippen molar-refractivity contribution >= 4 is 16.8 Å². The Bertz CT molecular complexity index is 587. The summed E-state index contributed by atoms with van der Waals surface area (Å²) in [5.74, 6) is 0.861. The Morgan fingerprint density at radius 1 is 1.29 bits per heavy atom. The third-order valence-corrected chi connectivity index (χ3v) is 2.94. The molecule has 0 atom stereocenters. The van der Waals surface area contributed by atoms with Crippen molar-refractivity contribution in [2.24, 2.45) is 0 Å². The number of aromatic nitrogens is 2. The number of imidazole rings is 1. The molecule has 17 heavy (non-hydrogen) atoms. The summed E-state index contributed by atoms with van der Waals surface area (Å²) in [5, 5.41) is -0.448. The second-order valence-corrected chi connectivity index (χ2v) is 4.44. The van der Waals surface area contributed by atoms with E-state index < -0.39 is 5.24 Å². The summed E-state index contributed by atoms with van der Waals surface area (Å²) in [7, 11) is 0. The number of carbonyl (C=O) groups excluding carboxylic acids is 1. The van der Waals surface area contributed by atoms with Gasteiger partial charge in [0.05, 0.1) is 5.69 Å². The number of hydrogen-bond acceptors (Lipinski definition) is 2. The predicted octanol–water partition coefficient (Wildman–Crippen LogP) is 3.38. The van der Waals surface area contributed by atoms with Crippen LogP contribution in [0, 0.1) is 20.8 Å². The average Bonchev–Trinajstić information content (AvgIpc) is 2.58. The van der Waals surface area contributed by atoms with Crippen LogP contribution in [0.1, 0.15) is 27.4 Å². The molecule has 0 spiro atoms. The summed E-state index contributed by atoms with van der Waals surface area (Å²) in [5.41, 5.74) is 4.37. The van der Waals surface area contributed by atoms with Gasteiger partial charge in [-0.1, -0.05) is 6.07 Å². The summed E-state index contributed by atoms with van der Waals surface area (Å²) in [4.78, 5) is 18.8. The zero-order valence-corrected chi connectivity index (χ0v) is 10.7. The maximum atomic E-state index is 11.2. The van der Waals surface area contributed by atoms with Crippen LogP contribution in [0.3, 0.4) is 0 Å². The summed E-state index contributed by atoms with van der Waals surface area (Å²) in [6, 6.07) is 5.39. The molecule has 0 aliphatic rings. The van der Waals surface area contributed by atoms with Gasteiger partial charge in [0.25, 0.3) is 5.24 Å².